The number of aryl methyl sites for hydroxylation is 1. The van der Waals surface area contributed by atoms with E-state index in [1.165, 1.54) is 24.0 Å². The van der Waals surface area contributed by atoms with E-state index in [1.807, 2.05) is 0 Å². The fraction of sp³-hybridized carbons (Fsp3) is 0.625. The molecule has 17 heavy (non-hydrogen) atoms. The molecule has 0 bridgehead atoms. The van der Waals surface area contributed by atoms with Gasteiger partial charge in [-0.25, -0.2) is 0 Å². The highest BCUT2D eigenvalue weighted by Gasteiger charge is 2.31. The van der Waals surface area contributed by atoms with E-state index >= 15 is 0 Å². The average Bonchev–Trinajstić information content (AvgIpc) is 2.22. The molecule has 0 saturated heterocycles. The van der Waals surface area contributed by atoms with Gasteiger partial charge in [0.15, 0.2) is 0 Å². The normalized spacial score (nSPS) is 25.7. The first-order valence-electron chi connectivity index (χ1n) is 6.89. The summed E-state index contributed by atoms with van der Waals surface area (Å²) in [6.07, 6.45) is 2.71. The van der Waals surface area contributed by atoms with Crippen molar-refractivity contribution in [2.75, 3.05) is 0 Å². The van der Waals surface area contributed by atoms with Crippen molar-refractivity contribution in [2.45, 2.75) is 52.6 Å². The Bertz CT molecular complexity index is 364. The lowest BCUT2D eigenvalue weighted by Crippen LogP contribution is -2.44. The summed E-state index contributed by atoms with van der Waals surface area (Å²) < 4.78 is 0. The summed E-state index contributed by atoms with van der Waals surface area (Å²) >= 11 is 0. The zero-order valence-electron chi connectivity index (χ0n) is 11.5. The molecule has 1 aromatic rings. The van der Waals surface area contributed by atoms with Crippen LogP contribution in [-0.4, -0.2) is 6.04 Å². The van der Waals surface area contributed by atoms with Crippen LogP contribution >= 0.6 is 0 Å². The molecule has 1 fully saturated rings. The van der Waals surface area contributed by atoms with E-state index in [1.54, 1.807) is 0 Å². The molecule has 0 radical (unpaired) electrons. The second-order valence-corrected chi connectivity index (χ2v) is 5.92. The van der Waals surface area contributed by atoms with Crippen molar-refractivity contribution in [1.82, 2.24) is 5.32 Å². The van der Waals surface area contributed by atoms with Gasteiger partial charge in [0.2, 0.25) is 0 Å². The summed E-state index contributed by atoms with van der Waals surface area (Å²) in [6.45, 7) is 9.16. The van der Waals surface area contributed by atoms with Gasteiger partial charge < -0.3 is 5.32 Å². The largest absolute Gasteiger partial charge is 0.307 e. The molecule has 1 aromatic carbocycles. The van der Waals surface area contributed by atoms with Gasteiger partial charge in [-0.1, -0.05) is 38.1 Å². The molecule has 1 N–H and O–H groups in total. The highest BCUT2D eigenvalue weighted by molar-refractivity contribution is 5.28. The molecule has 1 heteroatoms. The summed E-state index contributed by atoms with van der Waals surface area (Å²) in [5.41, 5.74) is 2.84. The second-order valence-electron chi connectivity index (χ2n) is 5.92. The summed E-state index contributed by atoms with van der Waals surface area (Å²) in [5.74, 6) is 1.79. The number of benzene rings is 1. The van der Waals surface area contributed by atoms with Gasteiger partial charge in [0.05, 0.1) is 0 Å². The predicted octanol–water partition coefficient (Wildman–Crippen LogP) is 4.08. The summed E-state index contributed by atoms with van der Waals surface area (Å²) in [4.78, 5) is 0. The van der Waals surface area contributed by atoms with E-state index < -0.39 is 0 Å². The molecule has 0 aliphatic heterocycles. The lowest BCUT2D eigenvalue weighted by molar-refractivity contribution is 0.159. The fourth-order valence-corrected chi connectivity index (χ4v) is 2.86. The third-order valence-corrected chi connectivity index (χ3v) is 4.26. The monoisotopic (exact) mass is 231 g/mol. The number of hydrogen-bond acceptors (Lipinski definition) is 1. The molecule has 1 nitrogen and oxygen atoms in total. The minimum atomic E-state index is 0.481. The maximum Gasteiger partial charge on any atom is 0.0296 e. The van der Waals surface area contributed by atoms with E-state index in [-0.39, 0.29) is 0 Å². The molecule has 0 spiro atoms. The topological polar surface area (TPSA) is 12.0 Å². The Morgan fingerprint density at radius 1 is 1.12 bits per heavy atom. The molecular weight excluding hydrogens is 206 g/mol. The molecular formula is C16H25N. The summed E-state index contributed by atoms with van der Waals surface area (Å²) in [6, 6.07) is 9.91. The third kappa shape index (κ3) is 2.90. The van der Waals surface area contributed by atoms with Crippen molar-refractivity contribution in [3.63, 3.8) is 0 Å². The van der Waals surface area contributed by atoms with Crippen LogP contribution in [0.25, 0.3) is 0 Å². The van der Waals surface area contributed by atoms with Gasteiger partial charge in [-0.2, -0.15) is 0 Å². The first-order valence-corrected chi connectivity index (χ1v) is 6.89. The Morgan fingerprint density at radius 2 is 1.76 bits per heavy atom. The number of rotatable bonds is 4. The fourth-order valence-electron chi connectivity index (χ4n) is 2.86. The number of hydrogen-bond donors (Lipinski definition) is 1. The van der Waals surface area contributed by atoms with Crippen LogP contribution in [0.1, 0.15) is 50.8 Å². The first kappa shape index (κ1) is 12.6. The van der Waals surface area contributed by atoms with Crippen LogP contribution in [0, 0.1) is 18.8 Å². The van der Waals surface area contributed by atoms with Crippen molar-refractivity contribution in [2.24, 2.45) is 11.8 Å². The Labute approximate surface area is 106 Å². The molecule has 1 aliphatic carbocycles. The Kier molecular flexibility index (Phi) is 3.88. The van der Waals surface area contributed by atoms with Gasteiger partial charge in [-0.3, -0.25) is 0 Å². The van der Waals surface area contributed by atoms with Crippen LogP contribution in [0.5, 0.6) is 0 Å². The second kappa shape index (κ2) is 5.22. The van der Waals surface area contributed by atoms with Gasteiger partial charge in [0.1, 0.15) is 0 Å². The molecule has 0 unspecified atom stereocenters. The van der Waals surface area contributed by atoms with E-state index in [4.69, 9.17) is 0 Å². The maximum atomic E-state index is 3.76. The predicted molar refractivity (Wildman–Crippen MR) is 74.1 cm³/mol. The lowest BCUT2D eigenvalue weighted by Gasteiger charge is -2.40. The summed E-state index contributed by atoms with van der Waals surface area (Å²) in [7, 11) is 0. The molecule has 0 amide bonds. The third-order valence-electron chi connectivity index (χ3n) is 4.26. The molecule has 1 atom stereocenters. The molecule has 1 saturated carbocycles. The van der Waals surface area contributed by atoms with Crippen molar-refractivity contribution in [3.05, 3.63) is 35.4 Å². The molecule has 94 valence electrons. The van der Waals surface area contributed by atoms with Crippen molar-refractivity contribution < 1.29 is 0 Å². The average molecular weight is 231 g/mol. The smallest absolute Gasteiger partial charge is 0.0296 e. The quantitative estimate of drug-likeness (QED) is 0.823. The zero-order valence-corrected chi connectivity index (χ0v) is 11.5. The van der Waals surface area contributed by atoms with Gasteiger partial charge in [0.25, 0.3) is 0 Å². The SMILES string of the molecule is Cc1ccccc1[C@H](C)NC1CC(C(C)C)C1. The Morgan fingerprint density at radius 3 is 2.35 bits per heavy atom. The maximum absolute atomic E-state index is 3.76. The van der Waals surface area contributed by atoms with Crippen LogP contribution in [0.15, 0.2) is 24.3 Å². The lowest BCUT2D eigenvalue weighted by atomic mass is 9.73. The zero-order chi connectivity index (χ0) is 12.4. The standard InChI is InChI=1S/C16H25N/c1-11(2)14-9-15(10-14)17-13(4)16-8-6-5-7-12(16)3/h5-8,11,13-15,17H,9-10H2,1-4H3/t13-,14?,15?/m0/s1. The molecule has 2 rings (SSSR count). The van der Waals surface area contributed by atoms with E-state index in [2.05, 4.69) is 57.3 Å². The Hall–Kier alpha value is -0.820. The van der Waals surface area contributed by atoms with Gasteiger partial charge in [-0.05, 0) is 49.7 Å². The molecule has 1 aliphatic rings. The van der Waals surface area contributed by atoms with Crippen molar-refractivity contribution in [3.8, 4) is 0 Å². The van der Waals surface area contributed by atoms with Crippen molar-refractivity contribution in [1.29, 1.82) is 0 Å². The number of nitrogens with one attached hydrogen (secondary N) is 1. The van der Waals surface area contributed by atoms with Crippen molar-refractivity contribution >= 4 is 0 Å². The van der Waals surface area contributed by atoms with E-state index in [0.717, 1.165) is 17.9 Å². The van der Waals surface area contributed by atoms with Crippen LogP contribution in [0.4, 0.5) is 0 Å². The highest BCUT2D eigenvalue weighted by Crippen LogP contribution is 2.35. The van der Waals surface area contributed by atoms with E-state index in [0.29, 0.717) is 6.04 Å². The van der Waals surface area contributed by atoms with E-state index in [9.17, 15) is 0 Å². The van der Waals surface area contributed by atoms with Crippen LogP contribution in [-0.2, 0) is 0 Å². The molecule has 0 heterocycles. The first-order chi connectivity index (χ1) is 8.08. The van der Waals surface area contributed by atoms with Crippen LogP contribution < -0.4 is 5.32 Å². The highest BCUT2D eigenvalue weighted by atomic mass is 15.0. The van der Waals surface area contributed by atoms with Gasteiger partial charge in [0, 0.05) is 12.1 Å². The minimum Gasteiger partial charge on any atom is -0.307 e. The molecule has 0 aromatic heterocycles. The summed E-state index contributed by atoms with van der Waals surface area (Å²) in [5, 5.41) is 3.76. The van der Waals surface area contributed by atoms with Crippen LogP contribution in [0.3, 0.4) is 0 Å². The van der Waals surface area contributed by atoms with Crippen LogP contribution in [0.2, 0.25) is 0 Å². The van der Waals surface area contributed by atoms with Gasteiger partial charge in [-0.15, -0.1) is 0 Å². The van der Waals surface area contributed by atoms with Gasteiger partial charge >= 0.3 is 0 Å². The Balaban J connectivity index is 1.87. The minimum absolute atomic E-state index is 0.481.